The van der Waals surface area contributed by atoms with Crippen LogP contribution >= 0.6 is 15.9 Å². The molecule has 3 nitrogen and oxygen atoms in total. The van der Waals surface area contributed by atoms with Gasteiger partial charge in [-0.1, -0.05) is 28.1 Å². The molecule has 0 aliphatic rings. The second-order valence-electron chi connectivity index (χ2n) is 4.35. The fourth-order valence-corrected chi connectivity index (χ4v) is 3.41. The third-order valence-electron chi connectivity index (χ3n) is 2.80. The molecule has 0 bridgehead atoms. The van der Waals surface area contributed by atoms with E-state index in [1.165, 1.54) is 12.1 Å². The normalized spacial score (nSPS) is 13.2. The third-order valence-corrected chi connectivity index (χ3v) is 4.85. The smallest absolute Gasteiger partial charge is 0.207 e. The van der Waals surface area contributed by atoms with Crippen molar-refractivity contribution in [2.45, 2.75) is 17.9 Å². The van der Waals surface area contributed by atoms with Gasteiger partial charge >= 0.3 is 0 Å². The Labute approximate surface area is 126 Å². The van der Waals surface area contributed by atoms with Crippen molar-refractivity contribution in [2.24, 2.45) is 0 Å². The molecule has 0 amide bonds. The molecule has 106 valence electrons. The number of benzene rings is 2. The molecule has 0 fully saturated rings. The van der Waals surface area contributed by atoms with Crippen LogP contribution in [0.4, 0.5) is 4.39 Å². The highest BCUT2D eigenvalue weighted by Crippen LogP contribution is 2.20. The average Bonchev–Trinajstić information content (AvgIpc) is 2.38. The SMILES string of the molecule is C[C@H](NS(=O)(=O)c1ccc(F)cc1)c1cccc(Br)c1. The first-order valence-electron chi connectivity index (χ1n) is 5.92. The average molecular weight is 358 g/mol. The van der Waals surface area contributed by atoms with Crippen molar-refractivity contribution in [1.29, 1.82) is 0 Å². The molecule has 6 heteroatoms. The van der Waals surface area contributed by atoms with Gasteiger partial charge in [-0.05, 0) is 48.9 Å². The predicted molar refractivity (Wildman–Crippen MR) is 79.3 cm³/mol. The highest BCUT2D eigenvalue weighted by molar-refractivity contribution is 9.10. The Morgan fingerprint density at radius 2 is 1.80 bits per heavy atom. The van der Waals surface area contributed by atoms with Gasteiger partial charge in [-0.3, -0.25) is 0 Å². The highest BCUT2D eigenvalue weighted by Gasteiger charge is 2.18. The lowest BCUT2D eigenvalue weighted by molar-refractivity contribution is 0.566. The molecule has 0 spiro atoms. The second kappa shape index (κ2) is 6.03. The van der Waals surface area contributed by atoms with Gasteiger partial charge in [0.15, 0.2) is 0 Å². The lowest BCUT2D eigenvalue weighted by Crippen LogP contribution is -2.26. The van der Waals surface area contributed by atoms with Crippen LogP contribution in [0.2, 0.25) is 0 Å². The van der Waals surface area contributed by atoms with Crippen LogP contribution in [-0.4, -0.2) is 8.42 Å². The van der Waals surface area contributed by atoms with E-state index in [0.717, 1.165) is 22.2 Å². The predicted octanol–water partition coefficient (Wildman–Crippen LogP) is 3.63. The van der Waals surface area contributed by atoms with Crippen LogP contribution in [0, 0.1) is 5.82 Å². The van der Waals surface area contributed by atoms with Crippen molar-refractivity contribution < 1.29 is 12.8 Å². The summed E-state index contributed by atoms with van der Waals surface area (Å²) in [4.78, 5) is 0.0424. The summed E-state index contributed by atoms with van der Waals surface area (Å²) in [5.74, 6) is -0.469. The minimum Gasteiger partial charge on any atom is -0.207 e. The first-order chi connectivity index (χ1) is 9.38. The maximum Gasteiger partial charge on any atom is 0.241 e. The van der Waals surface area contributed by atoms with Gasteiger partial charge < -0.3 is 0 Å². The number of rotatable bonds is 4. The van der Waals surface area contributed by atoms with Crippen molar-refractivity contribution in [3.63, 3.8) is 0 Å². The van der Waals surface area contributed by atoms with E-state index in [1.807, 2.05) is 24.3 Å². The lowest BCUT2D eigenvalue weighted by Gasteiger charge is -2.15. The third kappa shape index (κ3) is 3.65. The highest BCUT2D eigenvalue weighted by atomic mass is 79.9. The molecule has 0 aliphatic carbocycles. The molecule has 2 aromatic carbocycles. The van der Waals surface area contributed by atoms with Crippen LogP contribution in [-0.2, 0) is 10.0 Å². The fourth-order valence-electron chi connectivity index (χ4n) is 1.76. The molecule has 0 aromatic heterocycles. The zero-order chi connectivity index (χ0) is 14.8. The zero-order valence-electron chi connectivity index (χ0n) is 10.7. The van der Waals surface area contributed by atoms with Crippen LogP contribution < -0.4 is 4.72 Å². The number of sulfonamides is 1. The standard InChI is InChI=1S/C14H13BrFNO2S/c1-10(11-3-2-4-12(15)9-11)17-20(18,19)14-7-5-13(16)6-8-14/h2-10,17H,1H3/t10-/m0/s1. The van der Waals surface area contributed by atoms with Crippen LogP contribution in [0.3, 0.4) is 0 Å². The molecular weight excluding hydrogens is 345 g/mol. The largest absolute Gasteiger partial charge is 0.241 e. The minimum atomic E-state index is -3.67. The maximum atomic E-state index is 12.8. The topological polar surface area (TPSA) is 46.2 Å². The Balaban J connectivity index is 2.22. The van der Waals surface area contributed by atoms with E-state index < -0.39 is 15.8 Å². The first-order valence-corrected chi connectivity index (χ1v) is 8.19. The van der Waals surface area contributed by atoms with E-state index in [2.05, 4.69) is 20.7 Å². The van der Waals surface area contributed by atoms with Gasteiger partial charge in [-0.2, -0.15) is 0 Å². The number of nitrogens with one attached hydrogen (secondary N) is 1. The molecule has 0 unspecified atom stereocenters. The summed E-state index contributed by atoms with van der Waals surface area (Å²) in [7, 11) is -3.67. The van der Waals surface area contributed by atoms with E-state index in [-0.39, 0.29) is 10.9 Å². The summed E-state index contributed by atoms with van der Waals surface area (Å²) in [6.07, 6.45) is 0. The Morgan fingerprint density at radius 1 is 1.15 bits per heavy atom. The molecule has 0 aliphatic heterocycles. The molecule has 20 heavy (non-hydrogen) atoms. The molecule has 1 atom stereocenters. The van der Waals surface area contributed by atoms with Gasteiger partial charge in [0.1, 0.15) is 5.82 Å². The van der Waals surface area contributed by atoms with Gasteiger partial charge in [-0.15, -0.1) is 0 Å². The van der Waals surface area contributed by atoms with Crippen LogP contribution in [0.25, 0.3) is 0 Å². The Bertz CT molecular complexity index is 701. The molecule has 1 N–H and O–H groups in total. The Hall–Kier alpha value is -1.24. The van der Waals surface area contributed by atoms with Crippen molar-refractivity contribution in [3.8, 4) is 0 Å². The van der Waals surface area contributed by atoms with Gasteiger partial charge in [-0.25, -0.2) is 17.5 Å². The van der Waals surface area contributed by atoms with Crippen molar-refractivity contribution >= 4 is 26.0 Å². The fraction of sp³-hybridized carbons (Fsp3) is 0.143. The Morgan fingerprint density at radius 3 is 2.40 bits per heavy atom. The van der Waals surface area contributed by atoms with Gasteiger partial charge in [0.25, 0.3) is 0 Å². The second-order valence-corrected chi connectivity index (χ2v) is 6.98. The summed E-state index contributed by atoms with van der Waals surface area (Å²) < 4.78 is 40.6. The van der Waals surface area contributed by atoms with E-state index >= 15 is 0 Å². The number of halogens is 2. The summed E-state index contributed by atoms with van der Waals surface area (Å²) >= 11 is 3.34. The number of hydrogen-bond acceptors (Lipinski definition) is 2. The van der Waals surface area contributed by atoms with Crippen molar-refractivity contribution in [3.05, 3.63) is 64.4 Å². The van der Waals surface area contributed by atoms with Gasteiger partial charge in [0.2, 0.25) is 10.0 Å². The summed E-state index contributed by atoms with van der Waals surface area (Å²) in [5, 5.41) is 0. The maximum absolute atomic E-state index is 12.8. The summed E-state index contributed by atoms with van der Waals surface area (Å²) in [5.41, 5.74) is 0.838. The summed E-state index contributed by atoms with van der Waals surface area (Å²) in [6.45, 7) is 1.75. The lowest BCUT2D eigenvalue weighted by atomic mass is 10.1. The van der Waals surface area contributed by atoms with Crippen LogP contribution in [0.5, 0.6) is 0 Å². The molecule has 0 saturated carbocycles. The van der Waals surface area contributed by atoms with E-state index in [0.29, 0.717) is 0 Å². The molecule has 0 heterocycles. The van der Waals surface area contributed by atoms with Crippen molar-refractivity contribution in [2.75, 3.05) is 0 Å². The quantitative estimate of drug-likeness (QED) is 0.907. The zero-order valence-corrected chi connectivity index (χ0v) is 13.1. The molecule has 0 radical (unpaired) electrons. The van der Waals surface area contributed by atoms with E-state index in [4.69, 9.17) is 0 Å². The molecular formula is C14H13BrFNO2S. The van der Waals surface area contributed by atoms with Crippen LogP contribution in [0.1, 0.15) is 18.5 Å². The van der Waals surface area contributed by atoms with E-state index in [9.17, 15) is 12.8 Å². The minimum absolute atomic E-state index is 0.0424. The Kier molecular flexibility index (Phi) is 4.57. The first kappa shape index (κ1) is 15.2. The van der Waals surface area contributed by atoms with Gasteiger partial charge in [0, 0.05) is 10.5 Å². The van der Waals surface area contributed by atoms with Gasteiger partial charge in [0.05, 0.1) is 4.90 Å². The monoisotopic (exact) mass is 357 g/mol. The number of hydrogen-bond donors (Lipinski definition) is 1. The van der Waals surface area contributed by atoms with E-state index in [1.54, 1.807) is 6.92 Å². The van der Waals surface area contributed by atoms with Crippen molar-refractivity contribution in [1.82, 2.24) is 4.72 Å². The summed E-state index contributed by atoms with van der Waals surface area (Å²) in [6, 6.07) is 11.7. The molecule has 2 aromatic rings. The molecule has 0 saturated heterocycles. The molecule has 2 rings (SSSR count). The van der Waals surface area contributed by atoms with Crippen LogP contribution in [0.15, 0.2) is 57.9 Å².